The summed E-state index contributed by atoms with van der Waals surface area (Å²) >= 11 is 0. The molecule has 2 aromatic carbocycles. The first-order valence-corrected chi connectivity index (χ1v) is 9.99. The highest BCUT2D eigenvalue weighted by Gasteiger charge is 2.50. The molecule has 1 unspecified atom stereocenters. The van der Waals surface area contributed by atoms with Gasteiger partial charge in [-0.1, -0.05) is 30.3 Å². The molecule has 0 aliphatic carbocycles. The number of hydrogen-bond donors (Lipinski definition) is 1. The summed E-state index contributed by atoms with van der Waals surface area (Å²) in [5.74, 6) is 5.18. The van der Waals surface area contributed by atoms with E-state index in [1.807, 2.05) is 0 Å². The Morgan fingerprint density at radius 1 is 0.889 bits per heavy atom. The fourth-order valence-corrected chi connectivity index (χ4v) is 3.76. The summed E-state index contributed by atoms with van der Waals surface area (Å²) in [6, 6.07) is 5.52. The normalized spacial score (nSPS) is 13.6. The summed E-state index contributed by atoms with van der Waals surface area (Å²) < 4.78 is 121. The van der Waals surface area contributed by atoms with Gasteiger partial charge < -0.3 is 0 Å². The Labute approximate surface area is 197 Å². The van der Waals surface area contributed by atoms with E-state index in [1.54, 1.807) is 18.2 Å². The minimum Gasteiger partial charge on any atom is -0.267 e. The zero-order valence-electron chi connectivity index (χ0n) is 18.4. The number of rotatable bonds is 4. The highest BCUT2D eigenvalue weighted by molar-refractivity contribution is 6.06. The molecule has 0 radical (unpaired) electrons. The molecule has 0 aliphatic rings. The van der Waals surface area contributed by atoms with Crippen molar-refractivity contribution in [2.24, 2.45) is 5.84 Å². The van der Waals surface area contributed by atoms with Crippen molar-refractivity contribution in [2.45, 2.75) is 38.4 Å². The number of aryl methyl sites for hydroxylation is 2. The highest BCUT2D eigenvalue weighted by Crippen LogP contribution is 2.43. The van der Waals surface area contributed by atoms with Crippen molar-refractivity contribution in [3.05, 3.63) is 82.2 Å². The van der Waals surface area contributed by atoms with Crippen molar-refractivity contribution < 1.29 is 44.3 Å². The van der Waals surface area contributed by atoms with Gasteiger partial charge in [-0.2, -0.15) is 44.6 Å². The number of halogens is 9. The highest BCUT2D eigenvalue weighted by atomic mass is 19.4. The average molecular weight is 524 g/mol. The second-order valence-corrected chi connectivity index (χ2v) is 7.84. The molecule has 3 rings (SSSR count). The topological polar surface area (TPSA) is 64.2 Å². The molecule has 36 heavy (non-hydrogen) atoms. The molecule has 1 atom stereocenters. The summed E-state index contributed by atoms with van der Waals surface area (Å²) in [5.41, 5.74) is -5.13. The molecule has 0 saturated carbocycles. The van der Waals surface area contributed by atoms with Gasteiger partial charge in [0.1, 0.15) is 5.69 Å². The van der Waals surface area contributed by atoms with E-state index in [-0.39, 0.29) is 22.4 Å². The predicted octanol–water partition coefficient (Wildman–Crippen LogP) is 6.21. The lowest BCUT2D eigenvalue weighted by Crippen LogP contribution is -2.38. The average Bonchev–Trinajstić information content (AvgIpc) is 3.18. The van der Waals surface area contributed by atoms with Gasteiger partial charge in [-0.3, -0.25) is 4.79 Å². The Hall–Kier alpha value is -3.55. The molecule has 1 amide bonds. The van der Waals surface area contributed by atoms with Crippen molar-refractivity contribution in [1.29, 1.82) is 0 Å². The van der Waals surface area contributed by atoms with Crippen LogP contribution in [-0.4, -0.2) is 21.9 Å². The van der Waals surface area contributed by atoms with Crippen LogP contribution in [0.15, 0.2) is 48.5 Å². The van der Waals surface area contributed by atoms with Gasteiger partial charge in [0.15, 0.2) is 11.7 Å². The Balaban J connectivity index is 2.17. The number of benzene rings is 2. The van der Waals surface area contributed by atoms with Gasteiger partial charge in [0.2, 0.25) is 0 Å². The molecule has 1 heterocycles. The van der Waals surface area contributed by atoms with Gasteiger partial charge >= 0.3 is 18.5 Å². The van der Waals surface area contributed by atoms with Crippen molar-refractivity contribution in [3.63, 3.8) is 0 Å². The minimum absolute atomic E-state index is 0.0268. The maximum Gasteiger partial charge on any atom is 0.435 e. The van der Waals surface area contributed by atoms with E-state index in [2.05, 4.69) is 5.10 Å². The van der Waals surface area contributed by atoms with Gasteiger partial charge in [-0.05, 0) is 42.7 Å². The molecule has 0 saturated heterocycles. The van der Waals surface area contributed by atoms with Crippen LogP contribution in [0.5, 0.6) is 0 Å². The number of hydrogen-bond acceptors (Lipinski definition) is 3. The third-order valence-electron chi connectivity index (χ3n) is 5.18. The standard InChI is InChI=1S/C22H17F9N4O/c1-11-8-14(9-12(2)17(11)34(32)19(36)13-6-4-3-5-7-13)18(22(29,30)31)35-16(21(26,27)28)10-15(33-35)20(23,24)25/h3-10,18H,32H2,1-2H3. The lowest BCUT2D eigenvalue weighted by molar-refractivity contribution is -0.173. The third-order valence-corrected chi connectivity index (χ3v) is 5.18. The minimum atomic E-state index is -5.57. The number of nitrogens with two attached hydrogens (primary N) is 1. The van der Waals surface area contributed by atoms with Crippen LogP contribution in [0, 0.1) is 13.8 Å². The predicted molar refractivity (Wildman–Crippen MR) is 110 cm³/mol. The second-order valence-electron chi connectivity index (χ2n) is 7.84. The number of anilines is 1. The van der Waals surface area contributed by atoms with E-state index in [0.717, 1.165) is 12.1 Å². The summed E-state index contributed by atoms with van der Waals surface area (Å²) in [6.07, 6.45) is -16.5. The first kappa shape index (κ1) is 27.0. The lowest BCUT2D eigenvalue weighted by atomic mass is 9.98. The van der Waals surface area contributed by atoms with Crippen molar-refractivity contribution in [2.75, 3.05) is 5.01 Å². The van der Waals surface area contributed by atoms with Crippen LogP contribution in [0.3, 0.4) is 0 Å². The van der Waals surface area contributed by atoms with Crippen molar-refractivity contribution in [1.82, 2.24) is 9.78 Å². The molecule has 14 heteroatoms. The van der Waals surface area contributed by atoms with E-state index in [0.29, 0.717) is 5.01 Å². The van der Waals surface area contributed by atoms with Gasteiger partial charge in [0.25, 0.3) is 5.91 Å². The van der Waals surface area contributed by atoms with Crippen LogP contribution in [0.4, 0.5) is 45.2 Å². The molecule has 0 aliphatic heterocycles. The van der Waals surface area contributed by atoms with Gasteiger partial charge in [-0.25, -0.2) is 15.5 Å². The summed E-state index contributed by atoms with van der Waals surface area (Å²) in [6.45, 7) is 2.51. The number of hydrazine groups is 1. The van der Waals surface area contributed by atoms with Crippen LogP contribution in [0.1, 0.15) is 44.5 Å². The lowest BCUT2D eigenvalue weighted by Gasteiger charge is -2.27. The van der Waals surface area contributed by atoms with Crippen LogP contribution in [-0.2, 0) is 12.4 Å². The summed E-state index contributed by atoms with van der Waals surface area (Å²) in [5, 5.41) is 3.31. The largest absolute Gasteiger partial charge is 0.435 e. The molecule has 5 nitrogen and oxygen atoms in total. The number of carbonyl (C=O) groups excluding carboxylic acids is 1. The first-order valence-electron chi connectivity index (χ1n) is 9.99. The fraction of sp³-hybridized carbons (Fsp3) is 0.273. The van der Waals surface area contributed by atoms with Crippen LogP contribution in [0.2, 0.25) is 0 Å². The second kappa shape index (κ2) is 9.15. The van der Waals surface area contributed by atoms with E-state index in [4.69, 9.17) is 5.84 Å². The van der Waals surface area contributed by atoms with Gasteiger partial charge in [0, 0.05) is 11.6 Å². The maximum atomic E-state index is 14.0. The maximum absolute atomic E-state index is 14.0. The van der Waals surface area contributed by atoms with Crippen LogP contribution >= 0.6 is 0 Å². The number of carbonyl (C=O) groups is 1. The molecular weight excluding hydrogens is 507 g/mol. The summed E-state index contributed by atoms with van der Waals surface area (Å²) in [7, 11) is 0. The number of alkyl halides is 9. The number of nitrogens with zero attached hydrogens (tertiary/aromatic N) is 3. The first-order chi connectivity index (χ1) is 16.4. The molecular formula is C22H17F9N4O. The van der Waals surface area contributed by atoms with E-state index >= 15 is 0 Å². The SMILES string of the molecule is Cc1cc(C(n2nc(C(F)(F)F)cc2C(F)(F)F)C(F)(F)F)cc(C)c1N(N)C(=O)c1ccccc1. The monoisotopic (exact) mass is 524 g/mol. The molecule has 0 spiro atoms. The third kappa shape index (κ3) is 5.32. The molecule has 1 aromatic heterocycles. The van der Waals surface area contributed by atoms with Crippen LogP contribution < -0.4 is 10.9 Å². The fourth-order valence-electron chi connectivity index (χ4n) is 3.76. The van der Waals surface area contributed by atoms with E-state index in [9.17, 15) is 44.3 Å². The zero-order chi connectivity index (χ0) is 27.2. The van der Waals surface area contributed by atoms with Crippen LogP contribution in [0.25, 0.3) is 0 Å². The van der Waals surface area contributed by atoms with E-state index < -0.39 is 58.2 Å². The number of amides is 1. The zero-order valence-corrected chi connectivity index (χ0v) is 18.4. The Kier molecular flexibility index (Phi) is 6.87. The Morgan fingerprint density at radius 2 is 1.42 bits per heavy atom. The van der Waals surface area contributed by atoms with Crippen molar-refractivity contribution in [3.8, 4) is 0 Å². The number of aromatic nitrogens is 2. The molecule has 194 valence electrons. The molecule has 0 bridgehead atoms. The van der Waals surface area contributed by atoms with Crippen molar-refractivity contribution >= 4 is 11.6 Å². The van der Waals surface area contributed by atoms with E-state index in [1.165, 1.54) is 26.0 Å². The van der Waals surface area contributed by atoms with Gasteiger partial charge in [-0.15, -0.1) is 0 Å². The summed E-state index contributed by atoms with van der Waals surface area (Å²) in [4.78, 5) is 12.7. The quantitative estimate of drug-likeness (QED) is 0.191. The molecule has 3 aromatic rings. The Morgan fingerprint density at radius 3 is 1.86 bits per heavy atom. The van der Waals surface area contributed by atoms with Gasteiger partial charge in [0.05, 0.1) is 5.69 Å². The molecule has 2 N–H and O–H groups in total. The molecule has 0 fully saturated rings. The smallest absolute Gasteiger partial charge is 0.267 e. The Bertz CT molecular complexity index is 1240.